The number of piperidine rings is 1. The Kier molecular flexibility index (Phi) is 6.12. The van der Waals surface area contributed by atoms with Crippen molar-refractivity contribution >= 4 is 28.3 Å². The number of fused-ring (bicyclic) bond motifs is 1. The van der Waals surface area contributed by atoms with Gasteiger partial charge in [0.1, 0.15) is 5.82 Å². The molecule has 0 radical (unpaired) electrons. The number of nitrogens with one attached hydrogen (secondary N) is 1. The lowest BCUT2D eigenvalue weighted by molar-refractivity contribution is 0.102. The third-order valence-electron chi connectivity index (χ3n) is 6.01. The number of anilines is 2. The summed E-state index contributed by atoms with van der Waals surface area (Å²) in [6.07, 6.45) is 3.21. The molecule has 0 bridgehead atoms. The Morgan fingerprint density at radius 1 is 0.938 bits per heavy atom. The molecule has 8 heteroatoms. The highest BCUT2D eigenvalue weighted by Crippen LogP contribution is 2.33. The molecule has 1 aliphatic heterocycles. The third kappa shape index (κ3) is 3.92. The summed E-state index contributed by atoms with van der Waals surface area (Å²) < 4.78 is 16.6. The van der Waals surface area contributed by atoms with Crippen LogP contribution in [0.4, 0.5) is 15.8 Å². The molecule has 1 fully saturated rings. The van der Waals surface area contributed by atoms with E-state index in [4.69, 9.17) is 0 Å². The predicted octanol–water partition coefficient (Wildman–Crippen LogP) is 3.58. The van der Waals surface area contributed by atoms with Gasteiger partial charge in [-0.25, -0.2) is 4.39 Å². The summed E-state index contributed by atoms with van der Waals surface area (Å²) in [7, 11) is 0. The van der Waals surface area contributed by atoms with E-state index in [1.54, 1.807) is 19.1 Å². The summed E-state index contributed by atoms with van der Waals surface area (Å²) >= 11 is 0. The number of nitrogens with zero attached hydrogens (tertiary/aromatic N) is 3. The number of hydrogen-bond acceptors (Lipinski definition) is 4. The molecule has 7 nitrogen and oxygen atoms in total. The molecule has 1 aromatic heterocycles. The van der Waals surface area contributed by atoms with Crippen LogP contribution in [0.2, 0.25) is 0 Å². The largest absolute Gasteiger partial charge is 0.370 e. The second-order valence-electron chi connectivity index (χ2n) is 7.97. The molecule has 1 aliphatic rings. The molecule has 0 atom stereocenters. The van der Waals surface area contributed by atoms with Crippen LogP contribution in [0.3, 0.4) is 0 Å². The molecule has 1 N–H and O–H groups in total. The molecule has 2 aromatic carbocycles. The third-order valence-corrected chi connectivity index (χ3v) is 6.01. The lowest BCUT2D eigenvalue weighted by atomic mass is 10.1. The average Bonchev–Trinajstić information content (AvgIpc) is 2.80. The minimum absolute atomic E-state index is 0.209. The first kappa shape index (κ1) is 21.8. The number of benzene rings is 2. The number of rotatable bonds is 5. The second-order valence-corrected chi connectivity index (χ2v) is 7.97. The fourth-order valence-electron chi connectivity index (χ4n) is 4.40. The Balaban J connectivity index is 1.92. The normalized spacial score (nSPS) is 14.0. The summed E-state index contributed by atoms with van der Waals surface area (Å²) in [5, 5.41) is 2.92. The van der Waals surface area contributed by atoms with Crippen LogP contribution in [0, 0.1) is 5.82 Å². The number of carbonyl (C=O) groups is 1. The van der Waals surface area contributed by atoms with Crippen LogP contribution in [-0.2, 0) is 13.1 Å². The zero-order valence-corrected chi connectivity index (χ0v) is 18.4. The molecule has 0 unspecified atom stereocenters. The summed E-state index contributed by atoms with van der Waals surface area (Å²) in [5.41, 5.74) is 1.64. The van der Waals surface area contributed by atoms with Crippen molar-refractivity contribution in [1.82, 2.24) is 9.13 Å². The van der Waals surface area contributed by atoms with Gasteiger partial charge in [0.15, 0.2) is 0 Å². The van der Waals surface area contributed by atoms with E-state index in [9.17, 15) is 18.8 Å². The van der Waals surface area contributed by atoms with Gasteiger partial charge >= 0.3 is 11.1 Å². The average molecular weight is 439 g/mol. The number of hydrogen-bond donors (Lipinski definition) is 1. The van der Waals surface area contributed by atoms with Crippen molar-refractivity contribution in [2.45, 2.75) is 46.2 Å². The molecule has 2 heterocycles. The first-order chi connectivity index (χ1) is 15.4. The highest BCUT2D eigenvalue weighted by molar-refractivity contribution is 6.07. The van der Waals surface area contributed by atoms with Crippen LogP contribution >= 0.6 is 0 Å². The second kappa shape index (κ2) is 8.98. The fourth-order valence-corrected chi connectivity index (χ4v) is 4.40. The number of halogens is 1. The number of amides is 1. The van der Waals surface area contributed by atoms with E-state index in [0.717, 1.165) is 38.0 Å². The van der Waals surface area contributed by atoms with E-state index >= 15 is 0 Å². The molecule has 32 heavy (non-hydrogen) atoms. The summed E-state index contributed by atoms with van der Waals surface area (Å²) in [6, 6.07) is 9.16. The van der Waals surface area contributed by atoms with Crippen molar-refractivity contribution in [3.8, 4) is 0 Å². The molecule has 4 rings (SSSR count). The van der Waals surface area contributed by atoms with Crippen LogP contribution < -0.4 is 21.3 Å². The maximum Gasteiger partial charge on any atom is 0.316 e. The van der Waals surface area contributed by atoms with Crippen molar-refractivity contribution in [1.29, 1.82) is 0 Å². The zero-order chi connectivity index (χ0) is 22.8. The van der Waals surface area contributed by atoms with E-state index < -0.39 is 22.8 Å². The molecule has 1 saturated heterocycles. The van der Waals surface area contributed by atoms with Gasteiger partial charge < -0.3 is 19.4 Å². The van der Waals surface area contributed by atoms with E-state index in [-0.39, 0.29) is 5.56 Å². The fraction of sp³-hybridized carbons (Fsp3) is 0.375. The van der Waals surface area contributed by atoms with Crippen LogP contribution in [0.5, 0.6) is 0 Å². The van der Waals surface area contributed by atoms with Gasteiger partial charge in [-0.05, 0) is 63.4 Å². The van der Waals surface area contributed by atoms with Crippen LogP contribution in [0.25, 0.3) is 11.0 Å². The zero-order valence-electron chi connectivity index (χ0n) is 18.4. The summed E-state index contributed by atoms with van der Waals surface area (Å²) in [6.45, 7) is 5.99. The van der Waals surface area contributed by atoms with Crippen LogP contribution in [-0.4, -0.2) is 28.1 Å². The highest BCUT2D eigenvalue weighted by Gasteiger charge is 2.21. The van der Waals surface area contributed by atoms with Gasteiger partial charge in [-0.3, -0.25) is 14.4 Å². The summed E-state index contributed by atoms with van der Waals surface area (Å²) in [5.74, 6) is -0.921. The highest BCUT2D eigenvalue weighted by atomic mass is 19.1. The Morgan fingerprint density at radius 3 is 2.16 bits per heavy atom. The van der Waals surface area contributed by atoms with Gasteiger partial charge in [-0.1, -0.05) is 6.07 Å². The standard InChI is InChI=1S/C24H27FN4O3/c1-3-28-20-14-18(26-22(30)16-9-8-10-17(25)13-16)19(27-11-6-5-7-12-27)15-21(20)29(4-2)24(32)23(28)31/h8-10,13-15H,3-7,11-12H2,1-2H3,(H,26,30). The molecule has 168 valence electrons. The molecule has 0 saturated carbocycles. The lowest BCUT2D eigenvalue weighted by Gasteiger charge is -2.31. The Bertz CT molecular complexity index is 1290. The minimum Gasteiger partial charge on any atom is -0.370 e. The van der Waals surface area contributed by atoms with E-state index in [0.29, 0.717) is 29.8 Å². The van der Waals surface area contributed by atoms with Crippen molar-refractivity contribution in [2.24, 2.45) is 0 Å². The Labute approximate surface area is 185 Å². The number of carbonyl (C=O) groups excluding carboxylic acids is 1. The summed E-state index contributed by atoms with van der Waals surface area (Å²) in [4.78, 5) is 40.4. The minimum atomic E-state index is -0.588. The SMILES string of the molecule is CCn1c(=O)c(=O)n(CC)c2cc(N3CCCCC3)c(NC(=O)c3cccc(F)c3)cc21. The van der Waals surface area contributed by atoms with Gasteiger partial charge in [0, 0.05) is 31.7 Å². The topological polar surface area (TPSA) is 76.3 Å². The van der Waals surface area contributed by atoms with Crippen molar-refractivity contribution in [3.63, 3.8) is 0 Å². The molecular weight excluding hydrogens is 411 g/mol. The molecule has 0 spiro atoms. The van der Waals surface area contributed by atoms with Gasteiger partial charge in [-0.15, -0.1) is 0 Å². The Hall–Kier alpha value is -3.42. The van der Waals surface area contributed by atoms with Gasteiger partial charge in [0.05, 0.1) is 22.4 Å². The van der Waals surface area contributed by atoms with Gasteiger partial charge in [-0.2, -0.15) is 0 Å². The predicted molar refractivity (Wildman–Crippen MR) is 124 cm³/mol. The van der Waals surface area contributed by atoms with Crippen LogP contribution in [0.15, 0.2) is 46.0 Å². The van der Waals surface area contributed by atoms with Crippen LogP contribution in [0.1, 0.15) is 43.5 Å². The van der Waals surface area contributed by atoms with Gasteiger partial charge in [0.2, 0.25) is 0 Å². The monoisotopic (exact) mass is 438 g/mol. The first-order valence-electron chi connectivity index (χ1n) is 11.1. The quantitative estimate of drug-likeness (QED) is 0.618. The van der Waals surface area contributed by atoms with E-state index in [1.165, 1.54) is 27.3 Å². The van der Waals surface area contributed by atoms with E-state index in [1.807, 2.05) is 13.0 Å². The molecule has 1 amide bonds. The maximum absolute atomic E-state index is 13.7. The number of aromatic nitrogens is 2. The smallest absolute Gasteiger partial charge is 0.316 e. The number of aryl methyl sites for hydroxylation is 2. The van der Waals surface area contributed by atoms with Crippen molar-refractivity contribution in [2.75, 3.05) is 23.3 Å². The first-order valence-corrected chi connectivity index (χ1v) is 11.1. The van der Waals surface area contributed by atoms with Gasteiger partial charge in [0.25, 0.3) is 5.91 Å². The molecule has 0 aliphatic carbocycles. The van der Waals surface area contributed by atoms with Crippen molar-refractivity contribution < 1.29 is 9.18 Å². The van der Waals surface area contributed by atoms with Crippen molar-refractivity contribution in [3.05, 3.63) is 68.5 Å². The Morgan fingerprint density at radius 2 is 1.56 bits per heavy atom. The molecule has 3 aromatic rings. The van der Waals surface area contributed by atoms with E-state index in [2.05, 4.69) is 10.2 Å². The molecular formula is C24H27FN4O3. The lowest BCUT2D eigenvalue weighted by Crippen LogP contribution is -2.41. The maximum atomic E-state index is 13.7.